The van der Waals surface area contributed by atoms with E-state index in [2.05, 4.69) is 5.32 Å². The van der Waals surface area contributed by atoms with E-state index in [0.717, 1.165) is 29.7 Å². The number of nitrogens with zero attached hydrogens (tertiary/aromatic N) is 1. The molecular formula is C21H22N2O5. The Morgan fingerprint density at radius 1 is 1.07 bits per heavy atom. The van der Waals surface area contributed by atoms with Crippen LogP contribution in [0.5, 0.6) is 0 Å². The Morgan fingerprint density at radius 2 is 1.68 bits per heavy atom. The van der Waals surface area contributed by atoms with E-state index in [-0.39, 0.29) is 5.69 Å². The molecule has 0 atom stereocenters. The predicted octanol–water partition coefficient (Wildman–Crippen LogP) is 3.91. The molecule has 0 spiro atoms. The van der Waals surface area contributed by atoms with Crippen molar-refractivity contribution in [2.24, 2.45) is 0 Å². The Bertz CT molecular complexity index is 866. The van der Waals surface area contributed by atoms with E-state index in [9.17, 15) is 19.7 Å². The molecule has 0 saturated heterocycles. The third-order valence-corrected chi connectivity index (χ3v) is 4.12. The third-order valence-electron chi connectivity index (χ3n) is 4.12. The first-order chi connectivity index (χ1) is 13.4. The minimum atomic E-state index is -0.673. The fourth-order valence-electron chi connectivity index (χ4n) is 2.63. The second kappa shape index (κ2) is 10.0. The molecule has 2 rings (SSSR count). The van der Waals surface area contributed by atoms with Crippen LogP contribution in [0.15, 0.2) is 48.5 Å². The summed E-state index contributed by atoms with van der Waals surface area (Å²) in [6.45, 7) is 3.62. The minimum absolute atomic E-state index is 0.0322. The molecule has 2 aromatic carbocycles. The predicted molar refractivity (Wildman–Crippen MR) is 107 cm³/mol. The van der Waals surface area contributed by atoms with E-state index in [4.69, 9.17) is 4.74 Å². The van der Waals surface area contributed by atoms with Gasteiger partial charge in [0.2, 0.25) is 0 Å². The molecule has 0 heterocycles. The summed E-state index contributed by atoms with van der Waals surface area (Å²) < 4.78 is 4.96. The maximum absolute atomic E-state index is 12.2. The molecule has 0 saturated carbocycles. The standard InChI is InChI=1S/C21H22N2O5/c1-3-16-6-5-7-17(4-2)21(16)22-19(24)14-28-20(25)13-10-15-8-11-18(12-9-15)23(26)27/h5-13H,3-4,14H2,1-2H3,(H,22,24)/b13-10+. The average molecular weight is 382 g/mol. The highest BCUT2D eigenvalue weighted by Gasteiger charge is 2.11. The lowest BCUT2D eigenvalue weighted by Gasteiger charge is -2.14. The van der Waals surface area contributed by atoms with Crippen LogP contribution < -0.4 is 5.32 Å². The number of nitro benzene ring substituents is 1. The quantitative estimate of drug-likeness (QED) is 0.323. The van der Waals surface area contributed by atoms with Gasteiger partial charge < -0.3 is 10.1 Å². The largest absolute Gasteiger partial charge is 0.452 e. The summed E-state index contributed by atoms with van der Waals surface area (Å²) in [5.74, 6) is -1.08. The molecule has 7 nitrogen and oxygen atoms in total. The Balaban J connectivity index is 1.90. The summed E-state index contributed by atoms with van der Waals surface area (Å²) in [4.78, 5) is 34.1. The highest BCUT2D eigenvalue weighted by atomic mass is 16.6. The molecule has 28 heavy (non-hydrogen) atoms. The Morgan fingerprint density at radius 3 is 2.21 bits per heavy atom. The summed E-state index contributed by atoms with van der Waals surface area (Å²) in [6, 6.07) is 11.6. The first-order valence-electron chi connectivity index (χ1n) is 8.94. The molecule has 0 bridgehead atoms. The van der Waals surface area contributed by atoms with E-state index >= 15 is 0 Å². The summed E-state index contributed by atoms with van der Waals surface area (Å²) in [6.07, 6.45) is 4.19. The van der Waals surface area contributed by atoms with Crippen molar-refractivity contribution in [3.8, 4) is 0 Å². The molecular weight excluding hydrogens is 360 g/mol. The van der Waals surface area contributed by atoms with Gasteiger partial charge in [-0.3, -0.25) is 14.9 Å². The maximum atomic E-state index is 12.2. The van der Waals surface area contributed by atoms with Gasteiger partial charge in [0.25, 0.3) is 11.6 Å². The molecule has 1 amide bonds. The molecule has 146 valence electrons. The molecule has 1 N–H and O–H groups in total. The van der Waals surface area contributed by atoms with Crippen LogP contribution in [0.4, 0.5) is 11.4 Å². The summed E-state index contributed by atoms with van der Waals surface area (Å²) in [5.41, 5.74) is 3.40. The number of rotatable bonds is 8. The normalized spacial score (nSPS) is 10.6. The number of para-hydroxylation sites is 1. The number of anilines is 1. The van der Waals surface area contributed by atoms with Gasteiger partial charge in [-0.2, -0.15) is 0 Å². The Kier molecular flexibility index (Phi) is 7.45. The van der Waals surface area contributed by atoms with Crippen molar-refractivity contribution in [2.45, 2.75) is 26.7 Å². The third kappa shape index (κ3) is 5.77. The number of carbonyl (C=O) groups is 2. The maximum Gasteiger partial charge on any atom is 0.331 e. The average Bonchev–Trinajstić information content (AvgIpc) is 2.71. The van der Waals surface area contributed by atoms with E-state index in [1.165, 1.54) is 36.4 Å². The summed E-state index contributed by atoms with van der Waals surface area (Å²) in [5, 5.41) is 13.4. The molecule has 2 aromatic rings. The van der Waals surface area contributed by atoms with Gasteiger partial charge in [0.05, 0.1) is 4.92 Å². The smallest absolute Gasteiger partial charge is 0.331 e. The monoisotopic (exact) mass is 382 g/mol. The van der Waals surface area contributed by atoms with E-state index in [1.807, 2.05) is 32.0 Å². The van der Waals surface area contributed by atoms with Crippen LogP contribution in [0.25, 0.3) is 6.08 Å². The second-order valence-corrected chi connectivity index (χ2v) is 6.00. The van der Waals surface area contributed by atoms with Crippen molar-refractivity contribution >= 4 is 29.3 Å². The van der Waals surface area contributed by atoms with Crippen LogP contribution in [0, 0.1) is 10.1 Å². The van der Waals surface area contributed by atoms with E-state index < -0.39 is 23.4 Å². The number of aryl methyl sites for hydroxylation is 2. The first kappa shape index (κ1) is 20.8. The summed E-state index contributed by atoms with van der Waals surface area (Å²) in [7, 11) is 0. The van der Waals surface area contributed by atoms with E-state index in [0.29, 0.717) is 5.56 Å². The lowest BCUT2D eigenvalue weighted by Crippen LogP contribution is -2.21. The number of non-ortho nitro benzene ring substituents is 1. The molecule has 7 heteroatoms. The van der Waals surface area contributed by atoms with Crippen molar-refractivity contribution in [1.29, 1.82) is 0 Å². The molecule has 0 radical (unpaired) electrons. The number of hydrogen-bond acceptors (Lipinski definition) is 5. The van der Waals surface area contributed by atoms with Crippen LogP contribution >= 0.6 is 0 Å². The molecule has 0 fully saturated rings. The summed E-state index contributed by atoms with van der Waals surface area (Å²) >= 11 is 0. The zero-order chi connectivity index (χ0) is 20.5. The fourth-order valence-corrected chi connectivity index (χ4v) is 2.63. The number of benzene rings is 2. The molecule has 0 aromatic heterocycles. The number of carbonyl (C=O) groups excluding carboxylic acids is 2. The van der Waals surface area contributed by atoms with Crippen LogP contribution in [0.1, 0.15) is 30.5 Å². The van der Waals surface area contributed by atoms with Crippen molar-refractivity contribution in [3.05, 3.63) is 75.3 Å². The van der Waals surface area contributed by atoms with Crippen LogP contribution in [0.2, 0.25) is 0 Å². The fraction of sp³-hybridized carbons (Fsp3) is 0.238. The van der Waals surface area contributed by atoms with Gasteiger partial charge >= 0.3 is 5.97 Å². The minimum Gasteiger partial charge on any atom is -0.452 e. The zero-order valence-electron chi connectivity index (χ0n) is 15.8. The van der Waals surface area contributed by atoms with Crippen molar-refractivity contribution in [3.63, 3.8) is 0 Å². The molecule has 0 aliphatic heterocycles. The second-order valence-electron chi connectivity index (χ2n) is 6.00. The number of nitro groups is 1. The van der Waals surface area contributed by atoms with Crippen molar-refractivity contribution < 1.29 is 19.2 Å². The molecule has 0 unspecified atom stereocenters. The topological polar surface area (TPSA) is 98.5 Å². The van der Waals surface area contributed by atoms with Gasteiger partial charge in [-0.05, 0) is 47.7 Å². The number of ether oxygens (including phenoxy) is 1. The lowest BCUT2D eigenvalue weighted by atomic mass is 10.0. The van der Waals surface area contributed by atoms with Gasteiger partial charge in [0.15, 0.2) is 6.61 Å². The molecule has 0 aliphatic rings. The number of hydrogen-bond donors (Lipinski definition) is 1. The number of nitrogens with one attached hydrogen (secondary N) is 1. The van der Waals surface area contributed by atoms with Crippen LogP contribution in [0.3, 0.4) is 0 Å². The van der Waals surface area contributed by atoms with Gasteiger partial charge in [0.1, 0.15) is 0 Å². The molecule has 0 aliphatic carbocycles. The highest BCUT2D eigenvalue weighted by molar-refractivity contribution is 5.95. The lowest BCUT2D eigenvalue weighted by molar-refractivity contribution is -0.384. The van der Waals surface area contributed by atoms with Gasteiger partial charge in [-0.25, -0.2) is 4.79 Å². The van der Waals surface area contributed by atoms with Crippen LogP contribution in [-0.4, -0.2) is 23.4 Å². The van der Waals surface area contributed by atoms with Crippen LogP contribution in [-0.2, 0) is 27.2 Å². The van der Waals surface area contributed by atoms with Crippen molar-refractivity contribution in [2.75, 3.05) is 11.9 Å². The van der Waals surface area contributed by atoms with Gasteiger partial charge in [0, 0.05) is 23.9 Å². The Hall–Kier alpha value is -3.48. The zero-order valence-corrected chi connectivity index (χ0v) is 15.8. The highest BCUT2D eigenvalue weighted by Crippen LogP contribution is 2.22. The van der Waals surface area contributed by atoms with Gasteiger partial charge in [-0.15, -0.1) is 0 Å². The first-order valence-corrected chi connectivity index (χ1v) is 8.94. The van der Waals surface area contributed by atoms with Gasteiger partial charge in [-0.1, -0.05) is 32.0 Å². The SMILES string of the molecule is CCc1cccc(CC)c1NC(=O)COC(=O)/C=C/c1ccc([N+](=O)[O-])cc1. The Labute approximate surface area is 163 Å². The van der Waals surface area contributed by atoms with Crippen molar-refractivity contribution in [1.82, 2.24) is 0 Å². The van der Waals surface area contributed by atoms with E-state index in [1.54, 1.807) is 0 Å². The number of amides is 1. The number of esters is 1.